The number of carbonyl (C=O) groups excluding carboxylic acids is 1. The lowest BCUT2D eigenvalue weighted by molar-refractivity contribution is -0.123. The van der Waals surface area contributed by atoms with Gasteiger partial charge in [0.1, 0.15) is 12.4 Å². The van der Waals surface area contributed by atoms with Crippen LogP contribution in [0.3, 0.4) is 0 Å². The number of nitrogens with zero attached hydrogens (tertiary/aromatic N) is 2. The van der Waals surface area contributed by atoms with Crippen molar-refractivity contribution in [1.29, 1.82) is 0 Å². The van der Waals surface area contributed by atoms with Crippen molar-refractivity contribution in [2.75, 3.05) is 18.6 Å². The molecule has 0 bridgehead atoms. The Labute approximate surface area is 122 Å². The van der Waals surface area contributed by atoms with Crippen molar-refractivity contribution < 1.29 is 9.53 Å². The van der Waals surface area contributed by atoms with Gasteiger partial charge in [0.15, 0.2) is 5.13 Å². The van der Waals surface area contributed by atoms with Crippen LogP contribution < -0.4 is 9.64 Å². The second-order valence-corrected chi connectivity index (χ2v) is 5.83. The maximum absolute atomic E-state index is 12.5. The highest BCUT2D eigenvalue weighted by Crippen LogP contribution is 2.29. The highest BCUT2D eigenvalue weighted by molar-refractivity contribution is 7.14. The molecule has 1 aromatic carbocycles. The molecule has 2 aromatic rings. The van der Waals surface area contributed by atoms with Gasteiger partial charge in [-0.15, -0.1) is 11.3 Å². The molecule has 0 unspecified atom stereocenters. The fourth-order valence-corrected chi connectivity index (χ4v) is 3.12. The molecule has 0 saturated heterocycles. The van der Waals surface area contributed by atoms with E-state index in [2.05, 4.69) is 4.98 Å². The summed E-state index contributed by atoms with van der Waals surface area (Å²) in [6.07, 6.45) is 0.726. The van der Waals surface area contributed by atoms with Crippen LogP contribution in [-0.4, -0.2) is 24.5 Å². The van der Waals surface area contributed by atoms with Crippen molar-refractivity contribution in [3.05, 3.63) is 40.9 Å². The average Bonchev–Trinajstić information content (AvgIpc) is 2.92. The van der Waals surface area contributed by atoms with Crippen LogP contribution in [0.25, 0.3) is 0 Å². The lowest BCUT2D eigenvalue weighted by atomic mass is 9.96. The normalized spacial score (nSPS) is 17.2. The highest BCUT2D eigenvalue weighted by Gasteiger charge is 2.29. The first-order valence-electron chi connectivity index (χ1n) is 6.55. The SMILES string of the molecule is Cc1csc(N(C)C(=O)[C@@H]2COc3ccccc3C2)n1. The Morgan fingerprint density at radius 2 is 2.25 bits per heavy atom. The first-order chi connectivity index (χ1) is 9.65. The number of thiazole rings is 1. The van der Waals surface area contributed by atoms with Crippen LogP contribution in [0, 0.1) is 12.8 Å². The van der Waals surface area contributed by atoms with Gasteiger partial charge in [-0.05, 0) is 25.0 Å². The maximum atomic E-state index is 12.5. The predicted molar refractivity (Wildman–Crippen MR) is 79.4 cm³/mol. The van der Waals surface area contributed by atoms with Crippen molar-refractivity contribution >= 4 is 22.4 Å². The molecule has 1 amide bonds. The van der Waals surface area contributed by atoms with E-state index in [1.807, 2.05) is 36.6 Å². The summed E-state index contributed by atoms with van der Waals surface area (Å²) in [4.78, 5) is 18.5. The second-order valence-electron chi connectivity index (χ2n) is 4.99. The molecule has 0 spiro atoms. The molecule has 20 heavy (non-hydrogen) atoms. The molecule has 2 heterocycles. The van der Waals surface area contributed by atoms with Gasteiger partial charge in [-0.2, -0.15) is 0 Å². The summed E-state index contributed by atoms with van der Waals surface area (Å²) in [6, 6.07) is 7.89. The summed E-state index contributed by atoms with van der Waals surface area (Å²) in [5.74, 6) is 0.817. The first kappa shape index (κ1) is 13.1. The standard InChI is InChI=1S/C15H16N2O2S/c1-10-9-20-15(16-10)17(2)14(18)12-7-11-5-3-4-6-13(11)19-8-12/h3-6,9,12H,7-8H2,1-2H3/t12-/m0/s1. The number of benzene rings is 1. The Morgan fingerprint density at radius 1 is 1.45 bits per heavy atom. The van der Waals surface area contributed by atoms with Crippen LogP contribution in [0.2, 0.25) is 0 Å². The van der Waals surface area contributed by atoms with Gasteiger partial charge >= 0.3 is 0 Å². The van der Waals surface area contributed by atoms with Crippen molar-refractivity contribution in [2.45, 2.75) is 13.3 Å². The first-order valence-corrected chi connectivity index (χ1v) is 7.43. The molecule has 104 valence electrons. The minimum Gasteiger partial charge on any atom is -0.492 e. The lowest BCUT2D eigenvalue weighted by Gasteiger charge is -2.27. The van der Waals surface area contributed by atoms with Crippen LogP contribution in [0.4, 0.5) is 5.13 Å². The Bertz CT molecular complexity index is 638. The molecule has 1 aliphatic heterocycles. The Morgan fingerprint density at radius 3 is 3.00 bits per heavy atom. The number of fused-ring (bicyclic) bond motifs is 1. The number of amides is 1. The molecule has 0 aliphatic carbocycles. The van der Waals surface area contributed by atoms with Gasteiger partial charge in [-0.3, -0.25) is 9.69 Å². The number of aromatic nitrogens is 1. The van der Waals surface area contributed by atoms with E-state index in [1.165, 1.54) is 11.3 Å². The van der Waals surface area contributed by atoms with Crippen LogP contribution in [0.1, 0.15) is 11.3 Å². The molecule has 1 aliphatic rings. The van der Waals surface area contributed by atoms with Crippen LogP contribution in [-0.2, 0) is 11.2 Å². The molecule has 3 rings (SSSR count). The predicted octanol–water partition coefficient (Wildman–Crippen LogP) is 2.67. The fraction of sp³-hybridized carbons (Fsp3) is 0.333. The number of aryl methyl sites for hydroxylation is 1. The Balaban J connectivity index is 1.76. The summed E-state index contributed by atoms with van der Waals surface area (Å²) in [7, 11) is 1.78. The molecule has 4 nitrogen and oxygen atoms in total. The number of anilines is 1. The third kappa shape index (κ3) is 2.41. The van der Waals surface area contributed by atoms with Crippen LogP contribution >= 0.6 is 11.3 Å². The van der Waals surface area contributed by atoms with E-state index in [1.54, 1.807) is 11.9 Å². The second kappa shape index (κ2) is 5.25. The fourth-order valence-electron chi connectivity index (χ4n) is 2.35. The van der Waals surface area contributed by atoms with Crippen LogP contribution in [0.15, 0.2) is 29.6 Å². The van der Waals surface area contributed by atoms with E-state index < -0.39 is 0 Å². The lowest BCUT2D eigenvalue weighted by Crippen LogP contribution is -2.38. The number of ether oxygens (including phenoxy) is 1. The Kier molecular flexibility index (Phi) is 3.44. The maximum Gasteiger partial charge on any atom is 0.235 e. The Hall–Kier alpha value is -1.88. The van der Waals surface area contributed by atoms with Gasteiger partial charge in [0.25, 0.3) is 0 Å². The molecule has 0 N–H and O–H groups in total. The minimum atomic E-state index is -0.140. The number of hydrogen-bond acceptors (Lipinski definition) is 4. The average molecular weight is 288 g/mol. The highest BCUT2D eigenvalue weighted by atomic mass is 32.1. The molecule has 5 heteroatoms. The number of carbonyl (C=O) groups is 1. The largest absolute Gasteiger partial charge is 0.492 e. The van der Waals surface area contributed by atoms with E-state index >= 15 is 0 Å². The van der Waals surface area contributed by atoms with Crippen molar-refractivity contribution in [1.82, 2.24) is 4.98 Å². The molecule has 0 radical (unpaired) electrons. The van der Waals surface area contributed by atoms with E-state index in [-0.39, 0.29) is 11.8 Å². The summed E-state index contributed by atoms with van der Waals surface area (Å²) in [6.45, 7) is 2.36. The van der Waals surface area contributed by atoms with Gasteiger partial charge in [0.05, 0.1) is 11.6 Å². The topological polar surface area (TPSA) is 42.4 Å². The van der Waals surface area contributed by atoms with E-state index in [9.17, 15) is 4.79 Å². The van der Waals surface area contributed by atoms with Gasteiger partial charge < -0.3 is 4.74 Å². The van der Waals surface area contributed by atoms with E-state index in [0.29, 0.717) is 6.61 Å². The summed E-state index contributed by atoms with van der Waals surface area (Å²) < 4.78 is 5.68. The third-order valence-electron chi connectivity index (χ3n) is 3.45. The van der Waals surface area contributed by atoms with Gasteiger partial charge in [0, 0.05) is 12.4 Å². The molecule has 0 saturated carbocycles. The summed E-state index contributed by atoms with van der Waals surface area (Å²) >= 11 is 1.49. The zero-order valence-corrected chi connectivity index (χ0v) is 12.3. The number of para-hydroxylation sites is 1. The number of hydrogen-bond donors (Lipinski definition) is 0. The van der Waals surface area contributed by atoms with Crippen molar-refractivity contribution in [3.63, 3.8) is 0 Å². The van der Waals surface area contributed by atoms with Crippen molar-refractivity contribution in [2.24, 2.45) is 5.92 Å². The quantitative estimate of drug-likeness (QED) is 0.853. The zero-order valence-electron chi connectivity index (χ0n) is 11.5. The summed E-state index contributed by atoms with van der Waals surface area (Å²) in [5, 5.41) is 2.69. The smallest absolute Gasteiger partial charge is 0.235 e. The number of rotatable bonds is 2. The minimum absolute atomic E-state index is 0.0638. The zero-order chi connectivity index (χ0) is 14.1. The van der Waals surface area contributed by atoms with Gasteiger partial charge in [-0.25, -0.2) is 4.98 Å². The summed E-state index contributed by atoms with van der Waals surface area (Å²) in [5.41, 5.74) is 2.04. The molecular formula is C15H16N2O2S. The molecular weight excluding hydrogens is 272 g/mol. The third-order valence-corrected chi connectivity index (χ3v) is 4.49. The van der Waals surface area contributed by atoms with Gasteiger partial charge in [-0.1, -0.05) is 18.2 Å². The molecule has 1 atom stereocenters. The van der Waals surface area contributed by atoms with E-state index in [4.69, 9.17) is 4.74 Å². The van der Waals surface area contributed by atoms with Gasteiger partial charge in [0.2, 0.25) is 5.91 Å². The molecule has 0 fully saturated rings. The van der Waals surface area contributed by atoms with E-state index in [0.717, 1.165) is 28.6 Å². The van der Waals surface area contributed by atoms with Crippen molar-refractivity contribution in [3.8, 4) is 5.75 Å². The molecule has 1 aromatic heterocycles. The monoisotopic (exact) mass is 288 g/mol. The van der Waals surface area contributed by atoms with Crippen LogP contribution in [0.5, 0.6) is 5.75 Å².